The highest BCUT2D eigenvalue weighted by atomic mass is 16.5. The molecule has 1 aromatic heterocycles. The number of nitrogens with zero attached hydrogens (tertiary/aromatic N) is 1. The van der Waals surface area contributed by atoms with E-state index in [0.29, 0.717) is 25.5 Å². The van der Waals surface area contributed by atoms with Crippen LogP contribution < -0.4 is 10.6 Å². The van der Waals surface area contributed by atoms with Crippen molar-refractivity contribution in [3.05, 3.63) is 53.4 Å². The maximum absolute atomic E-state index is 12.3. The van der Waals surface area contributed by atoms with Crippen LogP contribution >= 0.6 is 0 Å². The summed E-state index contributed by atoms with van der Waals surface area (Å²) in [5.74, 6) is 0.0106. The lowest BCUT2D eigenvalue weighted by atomic mass is 9.88. The predicted molar refractivity (Wildman–Crippen MR) is 94.3 cm³/mol. The fourth-order valence-corrected chi connectivity index (χ4v) is 3.23. The Kier molecular flexibility index (Phi) is 5.50. The Balaban J connectivity index is 1.67. The highest BCUT2D eigenvalue weighted by molar-refractivity contribution is 5.91. The minimum Gasteiger partial charge on any atom is -0.381 e. The number of rotatable bonds is 6. The van der Waals surface area contributed by atoms with Gasteiger partial charge >= 0.3 is 0 Å². The van der Waals surface area contributed by atoms with Gasteiger partial charge in [-0.15, -0.1) is 0 Å². The first-order chi connectivity index (χ1) is 12.1. The smallest absolute Gasteiger partial charge is 0.289 e. The van der Waals surface area contributed by atoms with Crippen LogP contribution in [0.4, 0.5) is 0 Å². The molecule has 1 unspecified atom stereocenters. The minimum absolute atomic E-state index is 0.184. The van der Waals surface area contributed by atoms with E-state index in [0.717, 1.165) is 12.8 Å². The predicted octanol–water partition coefficient (Wildman–Crippen LogP) is 2.61. The van der Waals surface area contributed by atoms with Crippen molar-refractivity contribution in [2.45, 2.75) is 38.3 Å². The highest BCUT2D eigenvalue weighted by Gasteiger charge is 2.34. The van der Waals surface area contributed by atoms with Gasteiger partial charge in [0.15, 0.2) is 0 Å². The molecule has 1 saturated heterocycles. The summed E-state index contributed by atoms with van der Waals surface area (Å²) in [5.41, 5.74) is 1.73. The van der Waals surface area contributed by atoms with Crippen molar-refractivity contribution in [3.63, 3.8) is 0 Å². The fraction of sp³-hybridized carbons (Fsp3) is 0.474. The van der Waals surface area contributed by atoms with Gasteiger partial charge in [0.2, 0.25) is 5.76 Å². The van der Waals surface area contributed by atoms with Crippen LogP contribution in [0.2, 0.25) is 0 Å². The van der Waals surface area contributed by atoms with E-state index in [1.807, 2.05) is 18.2 Å². The number of hydrogen-bond donors (Lipinski definition) is 2. The third-order valence-corrected chi connectivity index (χ3v) is 4.71. The van der Waals surface area contributed by atoms with Gasteiger partial charge in [-0.25, -0.2) is 0 Å². The van der Waals surface area contributed by atoms with Crippen molar-refractivity contribution < 1.29 is 14.1 Å². The normalized spacial score (nSPS) is 17.8. The second-order valence-corrected chi connectivity index (χ2v) is 6.68. The van der Waals surface area contributed by atoms with E-state index in [2.05, 4.69) is 34.8 Å². The first kappa shape index (κ1) is 17.6. The third kappa shape index (κ3) is 4.46. The molecular formula is C19H25N3O3. The zero-order chi connectivity index (χ0) is 17.7. The quantitative estimate of drug-likeness (QED) is 0.843. The van der Waals surface area contributed by atoms with Gasteiger partial charge in [-0.1, -0.05) is 35.5 Å². The van der Waals surface area contributed by atoms with Crippen molar-refractivity contribution in [1.82, 2.24) is 15.8 Å². The lowest BCUT2D eigenvalue weighted by Crippen LogP contribution is -2.57. The van der Waals surface area contributed by atoms with Crippen LogP contribution in [-0.4, -0.2) is 36.4 Å². The molecule has 6 heteroatoms. The first-order valence-corrected chi connectivity index (χ1v) is 8.70. The number of hydrogen-bond acceptors (Lipinski definition) is 5. The maximum Gasteiger partial charge on any atom is 0.289 e. The molecule has 0 saturated carbocycles. The molecule has 25 heavy (non-hydrogen) atoms. The summed E-state index contributed by atoms with van der Waals surface area (Å²) in [4.78, 5) is 12.3. The lowest BCUT2D eigenvalue weighted by Gasteiger charge is -2.40. The molecular weight excluding hydrogens is 318 g/mol. The van der Waals surface area contributed by atoms with Crippen LogP contribution in [0.1, 0.15) is 47.6 Å². The van der Waals surface area contributed by atoms with Gasteiger partial charge in [-0.05, 0) is 32.3 Å². The topological polar surface area (TPSA) is 76.4 Å². The zero-order valence-corrected chi connectivity index (χ0v) is 14.7. The number of amides is 1. The number of carbonyl (C=O) groups excluding carboxylic acids is 1. The summed E-state index contributed by atoms with van der Waals surface area (Å²) in [6.07, 6.45) is 1.69. The molecule has 6 nitrogen and oxygen atoms in total. The Labute approximate surface area is 147 Å². The molecule has 0 radical (unpaired) electrons. The van der Waals surface area contributed by atoms with Gasteiger partial charge in [0.25, 0.3) is 5.91 Å². The summed E-state index contributed by atoms with van der Waals surface area (Å²) < 4.78 is 10.6. The van der Waals surface area contributed by atoms with Crippen LogP contribution in [0.5, 0.6) is 0 Å². The Hall–Kier alpha value is -2.18. The summed E-state index contributed by atoms with van der Waals surface area (Å²) in [7, 11) is 0. The lowest BCUT2D eigenvalue weighted by molar-refractivity contribution is 0.0330. The first-order valence-electron chi connectivity index (χ1n) is 8.70. The van der Waals surface area contributed by atoms with Gasteiger partial charge in [0.05, 0.1) is 5.69 Å². The molecule has 2 heterocycles. The average Bonchev–Trinajstić information content (AvgIpc) is 3.08. The molecule has 3 rings (SSSR count). The molecule has 0 bridgehead atoms. The number of aryl methyl sites for hydroxylation is 1. The van der Waals surface area contributed by atoms with E-state index >= 15 is 0 Å². The van der Waals surface area contributed by atoms with E-state index in [9.17, 15) is 4.79 Å². The fourth-order valence-electron chi connectivity index (χ4n) is 3.23. The maximum atomic E-state index is 12.3. The van der Waals surface area contributed by atoms with Gasteiger partial charge in [-0.3, -0.25) is 4.79 Å². The molecule has 0 aliphatic carbocycles. The highest BCUT2D eigenvalue weighted by Crippen LogP contribution is 2.25. The third-order valence-electron chi connectivity index (χ3n) is 4.71. The van der Waals surface area contributed by atoms with E-state index in [1.54, 1.807) is 13.0 Å². The Morgan fingerprint density at radius 2 is 2.00 bits per heavy atom. The summed E-state index contributed by atoms with van der Waals surface area (Å²) in [6.45, 7) is 5.83. The molecule has 1 amide bonds. The van der Waals surface area contributed by atoms with Crippen molar-refractivity contribution in [2.75, 3.05) is 19.8 Å². The second-order valence-electron chi connectivity index (χ2n) is 6.68. The Morgan fingerprint density at radius 3 is 2.64 bits per heavy atom. The molecule has 1 atom stereocenters. The monoisotopic (exact) mass is 343 g/mol. The van der Waals surface area contributed by atoms with Gasteiger partial charge in [-0.2, -0.15) is 0 Å². The molecule has 1 fully saturated rings. The van der Waals surface area contributed by atoms with Gasteiger partial charge in [0.1, 0.15) is 0 Å². The van der Waals surface area contributed by atoms with Crippen LogP contribution in [0.15, 0.2) is 40.9 Å². The number of ether oxygens (including phenoxy) is 1. The van der Waals surface area contributed by atoms with Crippen LogP contribution in [-0.2, 0) is 4.74 Å². The van der Waals surface area contributed by atoms with Crippen molar-refractivity contribution in [3.8, 4) is 0 Å². The molecule has 2 aromatic rings. The molecule has 2 N–H and O–H groups in total. The number of aromatic nitrogens is 1. The number of nitrogens with one attached hydrogen (secondary N) is 2. The zero-order valence-electron chi connectivity index (χ0n) is 14.7. The Morgan fingerprint density at radius 1 is 1.28 bits per heavy atom. The summed E-state index contributed by atoms with van der Waals surface area (Å²) in [5, 5.41) is 10.5. The standard InChI is InChI=1S/C19H25N3O3/c1-14-12-17(25-22-14)18(23)20-13-19(8-10-24-11-9-19)21-15(2)16-6-4-3-5-7-16/h3-7,12,15,21H,8-11,13H2,1-2H3,(H,20,23). The van der Waals surface area contributed by atoms with Crippen LogP contribution in [0.25, 0.3) is 0 Å². The number of carbonyl (C=O) groups is 1. The molecule has 1 aliphatic heterocycles. The molecule has 0 spiro atoms. The van der Waals surface area contributed by atoms with Crippen LogP contribution in [0.3, 0.4) is 0 Å². The minimum atomic E-state index is -0.236. The van der Waals surface area contributed by atoms with Crippen molar-refractivity contribution in [1.29, 1.82) is 0 Å². The van der Waals surface area contributed by atoms with Gasteiger partial charge < -0.3 is 19.9 Å². The molecule has 134 valence electrons. The van der Waals surface area contributed by atoms with E-state index < -0.39 is 0 Å². The second kappa shape index (κ2) is 7.80. The van der Waals surface area contributed by atoms with Crippen LogP contribution in [0, 0.1) is 6.92 Å². The number of benzene rings is 1. The molecule has 1 aromatic carbocycles. The SMILES string of the molecule is Cc1cc(C(=O)NCC2(NC(C)c3ccccc3)CCOCC2)on1. The van der Waals surface area contributed by atoms with E-state index in [1.165, 1.54) is 5.56 Å². The summed E-state index contributed by atoms with van der Waals surface area (Å²) in [6, 6.07) is 12.1. The molecule has 1 aliphatic rings. The van der Waals surface area contributed by atoms with Crippen molar-refractivity contribution >= 4 is 5.91 Å². The van der Waals surface area contributed by atoms with E-state index in [-0.39, 0.29) is 23.2 Å². The van der Waals surface area contributed by atoms with Gasteiger partial charge in [0, 0.05) is 37.4 Å². The largest absolute Gasteiger partial charge is 0.381 e. The summed E-state index contributed by atoms with van der Waals surface area (Å²) >= 11 is 0. The Bertz CT molecular complexity index is 693. The van der Waals surface area contributed by atoms with Crippen molar-refractivity contribution in [2.24, 2.45) is 0 Å². The van der Waals surface area contributed by atoms with E-state index in [4.69, 9.17) is 9.26 Å². The average molecular weight is 343 g/mol.